The van der Waals surface area contributed by atoms with Gasteiger partial charge in [-0.15, -0.1) is 0 Å². The van der Waals surface area contributed by atoms with E-state index in [0.717, 1.165) is 17.2 Å². The number of alkyl carbamates (subject to hydrolysis) is 2. The van der Waals surface area contributed by atoms with Gasteiger partial charge in [0.05, 0.1) is 6.61 Å². The molecule has 0 spiro atoms. The summed E-state index contributed by atoms with van der Waals surface area (Å²) in [4.78, 5) is 46.4. The van der Waals surface area contributed by atoms with Gasteiger partial charge in [0.15, 0.2) is 6.10 Å². The molecule has 0 aromatic heterocycles. The maximum Gasteiger partial charge on any atom is 0.407 e. The summed E-state index contributed by atoms with van der Waals surface area (Å²) in [5.41, 5.74) is 1.74. The Morgan fingerprint density at radius 2 is 1.59 bits per heavy atom. The van der Waals surface area contributed by atoms with Crippen LogP contribution in [0, 0.1) is 0 Å². The van der Waals surface area contributed by atoms with Gasteiger partial charge in [-0.2, -0.15) is 0 Å². The molecule has 0 heterocycles. The molecule has 10 heteroatoms. The van der Waals surface area contributed by atoms with Gasteiger partial charge in [-0.1, -0.05) is 37.4 Å². The van der Waals surface area contributed by atoms with E-state index in [0.29, 0.717) is 0 Å². The van der Waals surface area contributed by atoms with E-state index < -0.39 is 30.2 Å². The summed E-state index contributed by atoms with van der Waals surface area (Å²) in [7, 11) is 0. The molecule has 1 unspecified atom stereocenters. The van der Waals surface area contributed by atoms with Crippen molar-refractivity contribution in [3.63, 3.8) is 0 Å². The molecule has 1 aromatic carbocycles. The largest absolute Gasteiger partial charge is 0.458 e. The van der Waals surface area contributed by atoms with Gasteiger partial charge in [0.25, 0.3) is 0 Å². The van der Waals surface area contributed by atoms with Gasteiger partial charge in [-0.25, -0.2) is 19.2 Å². The van der Waals surface area contributed by atoms with E-state index in [4.69, 9.17) is 18.9 Å². The lowest BCUT2D eigenvalue weighted by atomic mass is 10.1. The topological polar surface area (TPSA) is 129 Å². The molecular formula is C22H28N2O8. The quantitative estimate of drug-likeness (QED) is 0.283. The van der Waals surface area contributed by atoms with Crippen molar-refractivity contribution < 1.29 is 38.1 Å². The Kier molecular flexibility index (Phi) is 11.7. The second kappa shape index (κ2) is 14.2. The summed E-state index contributed by atoms with van der Waals surface area (Å²) in [6.45, 7) is 9.95. The molecule has 2 N–H and O–H groups in total. The van der Waals surface area contributed by atoms with Crippen LogP contribution in [0.3, 0.4) is 0 Å². The highest BCUT2D eigenvalue weighted by atomic mass is 16.6. The molecule has 0 bridgehead atoms. The number of rotatable bonds is 12. The van der Waals surface area contributed by atoms with Crippen LogP contribution >= 0.6 is 0 Å². The lowest BCUT2D eigenvalue weighted by Crippen LogP contribution is -2.35. The summed E-state index contributed by atoms with van der Waals surface area (Å²) >= 11 is 0. The fraction of sp³-hybridized carbons (Fsp3) is 0.364. The van der Waals surface area contributed by atoms with E-state index in [-0.39, 0.29) is 38.5 Å². The van der Waals surface area contributed by atoms with Gasteiger partial charge in [0, 0.05) is 24.7 Å². The van der Waals surface area contributed by atoms with Crippen molar-refractivity contribution in [3.05, 3.63) is 60.2 Å². The molecule has 1 aromatic rings. The number of carbonyl (C=O) groups is 4. The molecule has 10 nitrogen and oxygen atoms in total. The normalized spacial score (nSPS) is 10.8. The molecule has 0 saturated carbocycles. The number of carbonyl (C=O) groups excluding carboxylic acids is 4. The van der Waals surface area contributed by atoms with E-state index in [9.17, 15) is 19.2 Å². The van der Waals surface area contributed by atoms with Gasteiger partial charge in [0.1, 0.15) is 13.2 Å². The van der Waals surface area contributed by atoms with Crippen LogP contribution in [-0.2, 0) is 41.6 Å². The number of hydrogen-bond donors (Lipinski definition) is 2. The summed E-state index contributed by atoms with van der Waals surface area (Å²) in [6, 6.07) is 7.17. The first-order valence-electron chi connectivity index (χ1n) is 9.79. The Morgan fingerprint density at radius 3 is 2.16 bits per heavy atom. The van der Waals surface area contributed by atoms with Crippen LogP contribution in [0.1, 0.15) is 25.0 Å². The van der Waals surface area contributed by atoms with Crippen molar-refractivity contribution in [2.24, 2.45) is 0 Å². The van der Waals surface area contributed by atoms with Crippen LogP contribution in [0.15, 0.2) is 49.1 Å². The van der Waals surface area contributed by atoms with Gasteiger partial charge in [-0.3, -0.25) is 0 Å². The molecular weight excluding hydrogens is 420 g/mol. The maximum absolute atomic E-state index is 12.2. The Hall–Kier alpha value is -3.82. The summed E-state index contributed by atoms with van der Waals surface area (Å²) < 4.78 is 19.8. The molecule has 174 valence electrons. The number of hydrogen-bond acceptors (Lipinski definition) is 8. The van der Waals surface area contributed by atoms with Crippen molar-refractivity contribution in [2.45, 2.75) is 33.0 Å². The summed E-state index contributed by atoms with van der Waals surface area (Å²) in [5.74, 6) is -1.37. The number of benzene rings is 1. The van der Waals surface area contributed by atoms with E-state index in [2.05, 4.69) is 23.8 Å². The van der Waals surface area contributed by atoms with Gasteiger partial charge in [0.2, 0.25) is 0 Å². The fourth-order valence-electron chi connectivity index (χ4n) is 2.22. The average Bonchev–Trinajstić information content (AvgIpc) is 2.77. The van der Waals surface area contributed by atoms with Crippen LogP contribution in [0.5, 0.6) is 0 Å². The Balaban J connectivity index is 2.59. The molecule has 0 fully saturated rings. The fourth-order valence-corrected chi connectivity index (χ4v) is 2.22. The maximum atomic E-state index is 12.2. The number of amides is 2. The van der Waals surface area contributed by atoms with Crippen molar-refractivity contribution in [2.75, 3.05) is 19.8 Å². The molecule has 0 aliphatic heterocycles. The van der Waals surface area contributed by atoms with Crippen LogP contribution < -0.4 is 10.6 Å². The Bertz CT molecular complexity index is 837. The minimum absolute atomic E-state index is 0.136. The number of nitrogens with one attached hydrogen (secondary N) is 2. The first-order valence-corrected chi connectivity index (χ1v) is 9.79. The third kappa shape index (κ3) is 10.8. The first-order chi connectivity index (χ1) is 15.2. The zero-order valence-electron chi connectivity index (χ0n) is 18.2. The van der Waals surface area contributed by atoms with Crippen molar-refractivity contribution >= 4 is 24.1 Å². The molecule has 1 rings (SSSR count). The molecule has 0 aliphatic carbocycles. The number of esters is 2. The average molecular weight is 448 g/mol. The standard InChI is InChI=1S/C22H28N2O8/c1-5-19(25)30-13-18(14-31-20(26)15(3)4)32-22(28)24-12-17-9-7-8-16(10-17)11-23-21(27)29-6-2/h5,7-10,18H,1,3,6,11-14H2,2,4H3,(H,23,27)(H,24,28). The monoisotopic (exact) mass is 448 g/mol. The molecule has 1 atom stereocenters. The van der Waals surface area contributed by atoms with Crippen LogP contribution in [0.25, 0.3) is 0 Å². The van der Waals surface area contributed by atoms with Crippen molar-refractivity contribution in [3.8, 4) is 0 Å². The lowest BCUT2D eigenvalue weighted by Gasteiger charge is -2.18. The highest BCUT2D eigenvalue weighted by molar-refractivity contribution is 5.87. The highest BCUT2D eigenvalue weighted by Crippen LogP contribution is 2.06. The third-order valence-corrected chi connectivity index (χ3v) is 3.74. The highest BCUT2D eigenvalue weighted by Gasteiger charge is 2.19. The van der Waals surface area contributed by atoms with Crippen LogP contribution in [0.4, 0.5) is 9.59 Å². The van der Waals surface area contributed by atoms with Crippen LogP contribution in [0.2, 0.25) is 0 Å². The van der Waals surface area contributed by atoms with E-state index in [1.165, 1.54) is 6.92 Å². The van der Waals surface area contributed by atoms with E-state index in [1.807, 2.05) is 6.07 Å². The zero-order chi connectivity index (χ0) is 23.9. The van der Waals surface area contributed by atoms with Gasteiger partial charge >= 0.3 is 24.1 Å². The van der Waals surface area contributed by atoms with Gasteiger partial charge < -0.3 is 29.6 Å². The smallest absolute Gasteiger partial charge is 0.407 e. The van der Waals surface area contributed by atoms with Crippen LogP contribution in [-0.4, -0.2) is 50.0 Å². The Morgan fingerprint density at radius 1 is 1.00 bits per heavy atom. The van der Waals surface area contributed by atoms with Gasteiger partial charge in [-0.05, 0) is 25.0 Å². The molecule has 0 radical (unpaired) electrons. The molecule has 2 amide bonds. The predicted octanol–water partition coefficient (Wildman–Crippen LogP) is 2.38. The van der Waals surface area contributed by atoms with E-state index >= 15 is 0 Å². The Labute approximate surface area is 186 Å². The summed E-state index contributed by atoms with van der Waals surface area (Å²) in [5, 5.41) is 5.17. The third-order valence-electron chi connectivity index (χ3n) is 3.74. The lowest BCUT2D eigenvalue weighted by molar-refractivity contribution is -0.147. The van der Waals surface area contributed by atoms with Crippen molar-refractivity contribution in [1.82, 2.24) is 10.6 Å². The molecule has 0 aliphatic rings. The predicted molar refractivity (Wildman–Crippen MR) is 114 cm³/mol. The minimum atomic E-state index is -1.03. The second-order valence-electron chi connectivity index (χ2n) is 6.49. The summed E-state index contributed by atoms with van der Waals surface area (Å²) in [6.07, 6.45) is -1.38. The SMILES string of the molecule is C=CC(=O)OCC(COC(=O)C(=C)C)OC(=O)NCc1cccc(CNC(=O)OCC)c1. The molecule has 0 saturated heterocycles. The molecule has 32 heavy (non-hydrogen) atoms. The van der Waals surface area contributed by atoms with Crippen molar-refractivity contribution in [1.29, 1.82) is 0 Å². The first kappa shape index (κ1) is 26.2. The van der Waals surface area contributed by atoms with E-state index in [1.54, 1.807) is 25.1 Å². The minimum Gasteiger partial charge on any atom is -0.458 e. The second-order valence-corrected chi connectivity index (χ2v) is 6.49. The number of ether oxygens (including phenoxy) is 4. The zero-order valence-corrected chi connectivity index (χ0v) is 18.2.